The van der Waals surface area contributed by atoms with Crippen molar-refractivity contribution in [1.29, 1.82) is 0 Å². The Morgan fingerprint density at radius 2 is 1.53 bits per heavy atom. The van der Waals surface area contributed by atoms with Crippen LogP contribution in [0.2, 0.25) is 0 Å². The summed E-state index contributed by atoms with van der Waals surface area (Å²) in [7, 11) is 4.01. The molecular formula is C17H27NO. The molecule has 0 aromatic heterocycles. The number of carbonyl (C=O) groups excluding carboxylic acids is 1. The van der Waals surface area contributed by atoms with Crippen molar-refractivity contribution in [2.45, 2.75) is 51.9 Å². The maximum Gasteiger partial charge on any atom is 0.162 e. The van der Waals surface area contributed by atoms with E-state index in [0.29, 0.717) is 6.42 Å². The van der Waals surface area contributed by atoms with Crippen LogP contribution < -0.4 is 4.90 Å². The van der Waals surface area contributed by atoms with Gasteiger partial charge in [-0.2, -0.15) is 0 Å². The van der Waals surface area contributed by atoms with Crippen LogP contribution in [0.4, 0.5) is 5.69 Å². The molecule has 1 aromatic carbocycles. The fourth-order valence-corrected chi connectivity index (χ4v) is 2.16. The molecule has 2 nitrogen and oxygen atoms in total. The van der Waals surface area contributed by atoms with Gasteiger partial charge in [0.25, 0.3) is 0 Å². The third kappa shape index (κ3) is 5.91. The smallest absolute Gasteiger partial charge is 0.162 e. The number of ketones is 1. The molecule has 0 saturated carbocycles. The maximum absolute atomic E-state index is 12.0. The quantitative estimate of drug-likeness (QED) is 0.475. The van der Waals surface area contributed by atoms with E-state index in [1.807, 2.05) is 43.3 Å². The molecule has 1 rings (SSSR count). The standard InChI is InChI=1S/C17H27NO/c1-4-5-6-7-8-9-10-17(19)15-11-13-16(14-12-15)18(2)3/h11-14H,4-10H2,1-3H3. The summed E-state index contributed by atoms with van der Waals surface area (Å²) >= 11 is 0. The van der Waals surface area contributed by atoms with Crippen LogP contribution in [-0.2, 0) is 0 Å². The number of nitrogens with zero attached hydrogens (tertiary/aromatic N) is 1. The number of hydrogen-bond donors (Lipinski definition) is 0. The number of unbranched alkanes of at least 4 members (excludes halogenated alkanes) is 5. The molecule has 0 fully saturated rings. The van der Waals surface area contributed by atoms with E-state index in [-0.39, 0.29) is 5.78 Å². The van der Waals surface area contributed by atoms with E-state index in [0.717, 1.165) is 17.7 Å². The van der Waals surface area contributed by atoms with Gasteiger partial charge in [-0.25, -0.2) is 0 Å². The molecule has 1 aromatic rings. The summed E-state index contributed by atoms with van der Waals surface area (Å²) in [4.78, 5) is 14.0. The van der Waals surface area contributed by atoms with E-state index in [4.69, 9.17) is 0 Å². The normalized spacial score (nSPS) is 10.5. The van der Waals surface area contributed by atoms with Gasteiger partial charge in [-0.15, -0.1) is 0 Å². The van der Waals surface area contributed by atoms with Gasteiger partial charge < -0.3 is 4.90 Å². The van der Waals surface area contributed by atoms with Crippen molar-refractivity contribution in [3.8, 4) is 0 Å². The fraction of sp³-hybridized carbons (Fsp3) is 0.588. The van der Waals surface area contributed by atoms with E-state index < -0.39 is 0 Å². The van der Waals surface area contributed by atoms with Crippen LogP contribution in [0, 0.1) is 0 Å². The first-order chi connectivity index (χ1) is 9.15. The Labute approximate surface area is 117 Å². The number of anilines is 1. The molecule has 0 bridgehead atoms. The highest BCUT2D eigenvalue weighted by atomic mass is 16.1. The molecule has 0 aliphatic carbocycles. The summed E-state index contributed by atoms with van der Waals surface area (Å²) in [5.41, 5.74) is 1.98. The number of rotatable bonds is 9. The van der Waals surface area contributed by atoms with Crippen LogP contribution >= 0.6 is 0 Å². The molecule has 0 unspecified atom stereocenters. The lowest BCUT2D eigenvalue weighted by Crippen LogP contribution is -2.08. The molecule has 2 heteroatoms. The number of benzene rings is 1. The van der Waals surface area contributed by atoms with Gasteiger partial charge in [-0.05, 0) is 30.7 Å². The van der Waals surface area contributed by atoms with E-state index >= 15 is 0 Å². The molecule has 0 spiro atoms. The van der Waals surface area contributed by atoms with Crippen molar-refractivity contribution in [1.82, 2.24) is 0 Å². The summed E-state index contributed by atoms with van der Waals surface area (Å²) in [5, 5.41) is 0. The van der Waals surface area contributed by atoms with Crippen LogP contribution in [0.3, 0.4) is 0 Å². The molecule has 106 valence electrons. The van der Waals surface area contributed by atoms with Gasteiger partial charge in [0.15, 0.2) is 5.78 Å². The topological polar surface area (TPSA) is 20.3 Å². The molecule has 0 heterocycles. The van der Waals surface area contributed by atoms with Gasteiger partial charge in [-0.3, -0.25) is 4.79 Å². The van der Waals surface area contributed by atoms with Gasteiger partial charge in [0.05, 0.1) is 0 Å². The van der Waals surface area contributed by atoms with Gasteiger partial charge >= 0.3 is 0 Å². The van der Waals surface area contributed by atoms with Crippen molar-refractivity contribution in [2.75, 3.05) is 19.0 Å². The van der Waals surface area contributed by atoms with Crippen molar-refractivity contribution < 1.29 is 4.79 Å². The summed E-state index contributed by atoms with van der Waals surface area (Å²) in [6.45, 7) is 2.22. The molecule has 19 heavy (non-hydrogen) atoms. The minimum atomic E-state index is 0.279. The Balaban J connectivity index is 2.29. The van der Waals surface area contributed by atoms with Crippen LogP contribution in [0.1, 0.15) is 62.2 Å². The zero-order valence-corrected chi connectivity index (χ0v) is 12.6. The fourth-order valence-electron chi connectivity index (χ4n) is 2.16. The number of hydrogen-bond acceptors (Lipinski definition) is 2. The van der Waals surface area contributed by atoms with Gasteiger partial charge in [0.2, 0.25) is 0 Å². The van der Waals surface area contributed by atoms with E-state index in [9.17, 15) is 4.79 Å². The average Bonchev–Trinajstić information content (AvgIpc) is 2.42. The van der Waals surface area contributed by atoms with Gasteiger partial charge in [0.1, 0.15) is 0 Å². The summed E-state index contributed by atoms with van der Waals surface area (Å²) in [5.74, 6) is 0.279. The second-order valence-electron chi connectivity index (χ2n) is 5.38. The lowest BCUT2D eigenvalue weighted by Gasteiger charge is -2.12. The van der Waals surface area contributed by atoms with Crippen molar-refractivity contribution >= 4 is 11.5 Å². The largest absolute Gasteiger partial charge is 0.378 e. The highest BCUT2D eigenvalue weighted by molar-refractivity contribution is 5.96. The van der Waals surface area contributed by atoms with E-state index in [1.165, 1.54) is 32.1 Å². The summed E-state index contributed by atoms with van der Waals surface area (Å²) < 4.78 is 0. The minimum absolute atomic E-state index is 0.279. The highest BCUT2D eigenvalue weighted by Crippen LogP contribution is 2.15. The average molecular weight is 261 g/mol. The molecular weight excluding hydrogens is 234 g/mol. The molecule has 0 amide bonds. The Bertz CT molecular complexity index is 367. The SMILES string of the molecule is CCCCCCCCC(=O)c1ccc(N(C)C)cc1. The molecule has 0 atom stereocenters. The second kappa shape index (κ2) is 8.73. The Morgan fingerprint density at radius 1 is 0.947 bits per heavy atom. The predicted molar refractivity (Wildman–Crippen MR) is 83.1 cm³/mol. The summed E-state index contributed by atoms with van der Waals surface area (Å²) in [6, 6.07) is 7.90. The van der Waals surface area contributed by atoms with Crippen molar-refractivity contribution in [3.63, 3.8) is 0 Å². The highest BCUT2D eigenvalue weighted by Gasteiger charge is 2.05. The van der Waals surface area contributed by atoms with Crippen LogP contribution in [-0.4, -0.2) is 19.9 Å². The zero-order chi connectivity index (χ0) is 14.1. The predicted octanol–water partition coefficient (Wildman–Crippen LogP) is 4.69. The third-order valence-corrected chi connectivity index (χ3v) is 3.46. The molecule has 0 saturated heterocycles. The Kier molecular flexibility index (Phi) is 7.24. The first-order valence-corrected chi connectivity index (χ1v) is 7.45. The van der Waals surface area contributed by atoms with Crippen molar-refractivity contribution in [2.24, 2.45) is 0 Å². The van der Waals surface area contributed by atoms with Crippen LogP contribution in [0.5, 0.6) is 0 Å². The minimum Gasteiger partial charge on any atom is -0.378 e. The molecule has 0 aliphatic rings. The Hall–Kier alpha value is -1.31. The maximum atomic E-state index is 12.0. The zero-order valence-electron chi connectivity index (χ0n) is 12.6. The Morgan fingerprint density at radius 3 is 2.11 bits per heavy atom. The second-order valence-corrected chi connectivity index (χ2v) is 5.38. The third-order valence-electron chi connectivity index (χ3n) is 3.46. The van der Waals surface area contributed by atoms with Crippen molar-refractivity contribution in [3.05, 3.63) is 29.8 Å². The van der Waals surface area contributed by atoms with Gasteiger partial charge in [0, 0.05) is 31.8 Å². The lowest BCUT2D eigenvalue weighted by atomic mass is 10.0. The first-order valence-electron chi connectivity index (χ1n) is 7.45. The molecule has 0 N–H and O–H groups in total. The van der Waals surface area contributed by atoms with Crippen LogP contribution in [0.15, 0.2) is 24.3 Å². The number of carbonyl (C=O) groups is 1. The first kappa shape index (κ1) is 15.7. The monoisotopic (exact) mass is 261 g/mol. The van der Waals surface area contributed by atoms with Crippen LogP contribution in [0.25, 0.3) is 0 Å². The van der Waals surface area contributed by atoms with E-state index in [1.54, 1.807) is 0 Å². The van der Waals surface area contributed by atoms with Gasteiger partial charge in [-0.1, -0.05) is 39.0 Å². The molecule has 0 aliphatic heterocycles. The summed E-state index contributed by atoms with van der Waals surface area (Å²) in [6.07, 6.45) is 8.06. The molecule has 0 radical (unpaired) electrons. The number of Topliss-reactive ketones (excluding diaryl/α,β-unsaturated/α-hetero) is 1. The lowest BCUT2D eigenvalue weighted by molar-refractivity contribution is 0.0979. The van der Waals surface area contributed by atoms with E-state index in [2.05, 4.69) is 6.92 Å².